The summed E-state index contributed by atoms with van der Waals surface area (Å²) in [6.45, 7) is 5.41. The summed E-state index contributed by atoms with van der Waals surface area (Å²) in [6.07, 6.45) is 0.880. The molecule has 6 heteroatoms. The minimum absolute atomic E-state index is 0.0621. The molecular formula is C19H21N5O. The summed E-state index contributed by atoms with van der Waals surface area (Å²) in [5.74, 6) is 0.571. The molecule has 6 nitrogen and oxygen atoms in total. The summed E-state index contributed by atoms with van der Waals surface area (Å²) < 4.78 is 0. The summed E-state index contributed by atoms with van der Waals surface area (Å²) in [7, 11) is 0. The van der Waals surface area contributed by atoms with Gasteiger partial charge in [-0.15, -0.1) is 0 Å². The Hall–Kier alpha value is -2.89. The van der Waals surface area contributed by atoms with Crippen molar-refractivity contribution >= 4 is 22.8 Å². The maximum atomic E-state index is 12.6. The van der Waals surface area contributed by atoms with E-state index in [1.807, 2.05) is 30.9 Å². The van der Waals surface area contributed by atoms with Gasteiger partial charge in [0.25, 0.3) is 0 Å². The van der Waals surface area contributed by atoms with Crippen molar-refractivity contribution in [3.8, 4) is 0 Å². The first kappa shape index (κ1) is 15.6. The lowest BCUT2D eigenvalue weighted by Gasteiger charge is -2.27. The maximum Gasteiger partial charge on any atom is 0.242 e. The highest BCUT2D eigenvalue weighted by atomic mass is 16.2. The van der Waals surface area contributed by atoms with E-state index in [9.17, 15) is 4.79 Å². The third-order valence-corrected chi connectivity index (χ3v) is 4.62. The fraction of sp³-hybridized carbons (Fsp3) is 0.316. The zero-order valence-electron chi connectivity index (χ0n) is 14.5. The molecule has 0 bridgehead atoms. The minimum Gasteiger partial charge on any atom is -0.357 e. The van der Waals surface area contributed by atoms with E-state index in [1.165, 1.54) is 10.9 Å². The van der Waals surface area contributed by atoms with Crippen LogP contribution in [0.5, 0.6) is 0 Å². The van der Waals surface area contributed by atoms with Gasteiger partial charge in [-0.1, -0.05) is 18.2 Å². The van der Waals surface area contributed by atoms with Crippen LogP contribution in [0.4, 0.5) is 5.95 Å². The molecule has 1 aromatic carbocycles. The van der Waals surface area contributed by atoms with E-state index in [-0.39, 0.29) is 12.5 Å². The number of H-pyrrole nitrogens is 1. The Morgan fingerprint density at radius 2 is 2.00 bits per heavy atom. The number of aromatic nitrogens is 3. The maximum absolute atomic E-state index is 12.6. The number of carbonyl (C=O) groups excluding carboxylic acids is 1. The number of nitrogens with one attached hydrogen (secondary N) is 2. The number of fused-ring (bicyclic) bond motifs is 3. The average Bonchev–Trinajstić information content (AvgIpc) is 2.96. The molecule has 128 valence electrons. The first-order chi connectivity index (χ1) is 12.1. The molecule has 0 aliphatic carbocycles. The van der Waals surface area contributed by atoms with Gasteiger partial charge in [0.2, 0.25) is 11.9 Å². The van der Waals surface area contributed by atoms with E-state index in [0.29, 0.717) is 12.5 Å². The first-order valence-corrected chi connectivity index (χ1v) is 8.52. The van der Waals surface area contributed by atoms with Crippen LogP contribution in [0.1, 0.15) is 22.6 Å². The molecular weight excluding hydrogens is 314 g/mol. The van der Waals surface area contributed by atoms with Gasteiger partial charge in [-0.05, 0) is 38.0 Å². The molecule has 0 spiro atoms. The Bertz CT molecular complexity index is 926. The highest BCUT2D eigenvalue weighted by Crippen LogP contribution is 2.27. The van der Waals surface area contributed by atoms with Crippen molar-refractivity contribution in [3.63, 3.8) is 0 Å². The fourth-order valence-corrected chi connectivity index (χ4v) is 3.48. The number of para-hydroxylation sites is 1. The predicted molar refractivity (Wildman–Crippen MR) is 97.4 cm³/mol. The lowest BCUT2D eigenvalue weighted by atomic mass is 10.0. The minimum atomic E-state index is 0.0621. The van der Waals surface area contributed by atoms with Crippen LogP contribution >= 0.6 is 0 Å². The van der Waals surface area contributed by atoms with Crippen LogP contribution in [0, 0.1) is 13.8 Å². The molecule has 0 radical (unpaired) electrons. The number of nitrogens with zero attached hydrogens (tertiary/aromatic N) is 3. The molecule has 4 rings (SSSR count). The standard InChI is InChI=1S/C19H21N5O/c1-12-9-13(2)22-19(21-12)20-10-18(25)24-8-7-15-14-5-3-4-6-16(14)23-17(15)11-24/h3-6,9,23H,7-8,10-11H2,1-2H3,(H,20,21,22). The molecule has 0 unspecified atom stereocenters. The van der Waals surface area contributed by atoms with Gasteiger partial charge < -0.3 is 15.2 Å². The highest BCUT2D eigenvalue weighted by Gasteiger charge is 2.23. The molecule has 2 aromatic heterocycles. The number of hydrogen-bond donors (Lipinski definition) is 2. The second-order valence-electron chi connectivity index (χ2n) is 6.52. The SMILES string of the molecule is Cc1cc(C)nc(NCC(=O)N2CCc3c([nH]c4ccccc34)C2)n1. The molecule has 1 amide bonds. The van der Waals surface area contributed by atoms with Crippen molar-refractivity contribution in [1.82, 2.24) is 19.9 Å². The molecule has 1 aliphatic heterocycles. The Kier molecular flexibility index (Phi) is 3.87. The van der Waals surface area contributed by atoms with Gasteiger partial charge in [-0.25, -0.2) is 9.97 Å². The van der Waals surface area contributed by atoms with Crippen LogP contribution in [-0.4, -0.2) is 38.8 Å². The smallest absolute Gasteiger partial charge is 0.242 e. The molecule has 0 saturated heterocycles. The summed E-state index contributed by atoms with van der Waals surface area (Å²) in [5, 5.41) is 4.32. The van der Waals surface area contributed by atoms with Gasteiger partial charge >= 0.3 is 0 Å². The van der Waals surface area contributed by atoms with E-state index in [4.69, 9.17) is 0 Å². The third-order valence-electron chi connectivity index (χ3n) is 4.62. The number of aromatic amines is 1. The Morgan fingerprint density at radius 1 is 1.24 bits per heavy atom. The van der Waals surface area contributed by atoms with Crippen LogP contribution in [0.25, 0.3) is 10.9 Å². The van der Waals surface area contributed by atoms with E-state index < -0.39 is 0 Å². The highest BCUT2D eigenvalue weighted by molar-refractivity contribution is 5.86. The Balaban J connectivity index is 1.45. The lowest BCUT2D eigenvalue weighted by Crippen LogP contribution is -2.39. The van der Waals surface area contributed by atoms with Gasteiger partial charge in [-0.2, -0.15) is 0 Å². The molecule has 1 aliphatic rings. The summed E-state index contributed by atoms with van der Waals surface area (Å²) in [4.78, 5) is 26.5. The van der Waals surface area contributed by atoms with Crippen LogP contribution in [-0.2, 0) is 17.8 Å². The van der Waals surface area contributed by atoms with Crippen molar-refractivity contribution in [2.45, 2.75) is 26.8 Å². The molecule has 25 heavy (non-hydrogen) atoms. The molecule has 3 heterocycles. The van der Waals surface area contributed by atoms with Crippen molar-refractivity contribution in [3.05, 3.63) is 53.0 Å². The lowest BCUT2D eigenvalue weighted by molar-refractivity contribution is -0.130. The van der Waals surface area contributed by atoms with Crippen molar-refractivity contribution in [1.29, 1.82) is 0 Å². The van der Waals surface area contributed by atoms with Crippen molar-refractivity contribution in [2.24, 2.45) is 0 Å². The number of carbonyl (C=O) groups is 1. The Morgan fingerprint density at radius 3 is 2.80 bits per heavy atom. The van der Waals surface area contributed by atoms with Crippen LogP contribution in [0.2, 0.25) is 0 Å². The van der Waals surface area contributed by atoms with Crippen LogP contribution < -0.4 is 5.32 Å². The number of rotatable bonds is 3. The van der Waals surface area contributed by atoms with E-state index in [0.717, 1.165) is 35.6 Å². The topological polar surface area (TPSA) is 73.9 Å². The van der Waals surface area contributed by atoms with Gasteiger partial charge in [0, 0.05) is 34.5 Å². The third kappa shape index (κ3) is 3.07. The van der Waals surface area contributed by atoms with E-state index in [1.54, 1.807) is 0 Å². The predicted octanol–water partition coefficient (Wildman–Crippen LogP) is 2.57. The molecule has 0 atom stereocenters. The van der Waals surface area contributed by atoms with Gasteiger partial charge in [0.05, 0.1) is 13.1 Å². The van der Waals surface area contributed by atoms with E-state index >= 15 is 0 Å². The van der Waals surface area contributed by atoms with Gasteiger partial charge in [0.15, 0.2) is 0 Å². The Labute approximate surface area is 146 Å². The number of aryl methyl sites for hydroxylation is 2. The fourth-order valence-electron chi connectivity index (χ4n) is 3.48. The molecule has 0 fully saturated rings. The molecule has 0 saturated carbocycles. The second-order valence-corrected chi connectivity index (χ2v) is 6.52. The first-order valence-electron chi connectivity index (χ1n) is 8.52. The van der Waals surface area contributed by atoms with Crippen LogP contribution in [0.3, 0.4) is 0 Å². The number of hydrogen-bond acceptors (Lipinski definition) is 4. The summed E-state index contributed by atoms with van der Waals surface area (Å²) in [6, 6.07) is 10.2. The zero-order chi connectivity index (χ0) is 17.4. The zero-order valence-corrected chi connectivity index (χ0v) is 14.5. The quantitative estimate of drug-likeness (QED) is 0.771. The molecule has 3 aromatic rings. The van der Waals surface area contributed by atoms with Gasteiger partial charge in [-0.3, -0.25) is 4.79 Å². The van der Waals surface area contributed by atoms with Crippen LogP contribution in [0.15, 0.2) is 30.3 Å². The van der Waals surface area contributed by atoms with Crippen molar-refractivity contribution < 1.29 is 4.79 Å². The number of amides is 1. The number of anilines is 1. The second kappa shape index (κ2) is 6.20. The summed E-state index contributed by atoms with van der Waals surface area (Å²) >= 11 is 0. The molecule has 2 N–H and O–H groups in total. The van der Waals surface area contributed by atoms with Gasteiger partial charge in [0.1, 0.15) is 0 Å². The normalized spacial score (nSPS) is 13.8. The largest absolute Gasteiger partial charge is 0.357 e. The summed E-state index contributed by atoms with van der Waals surface area (Å²) in [5.41, 5.74) is 5.41. The number of benzene rings is 1. The average molecular weight is 335 g/mol. The van der Waals surface area contributed by atoms with E-state index in [2.05, 4.69) is 38.5 Å². The monoisotopic (exact) mass is 335 g/mol. The van der Waals surface area contributed by atoms with Crippen molar-refractivity contribution in [2.75, 3.05) is 18.4 Å².